The molecule has 0 aromatic heterocycles. The molecule has 118 valence electrons. The molecule has 0 saturated heterocycles. The second-order valence-corrected chi connectivity index (χ2v) is 6.49. The molecule has 1 aliphatic carbocycles. The first-order valence-electron chi connectivity index (χ1n) is 8.33. The SMILES string of the molecule is CCOc1ccccc1C(N)CN(CCC(C)C)C1CC1. The van der Waals surface area contributed by atoms with Gasteiger partial charge in [-0.25, -0.2) is 0 Å². The fraction of sp³-hybridized carbons (Fsp3) is 0.667. The predicted molar refractivity (Wildman–Crippen MR) is 88.6 cm³/mol. The number of nitrogens with zero attached hydrogens (tertiary/aromatic N) is 1. The molecule has 1 fully saturated rings. The minimum absolute atomic E-state index is 0.0283. The number of hydrogen-bond acceptors (Lipinski definition) is 3. The smallest absolute Gasteiger partial charge is 0.124 e. The van der Waals surface area contributed by atoms with Crippen molar-refractivity contribution in [2.24, 2.45) is 11.7 Å². The van der Waals surface area contributed by atoms with Gasteiger partial charge in [-0.05, 0) is 44.7 Å². The molecule has 0 aliphatic heterocycles. The van der Waals surface area contributed by atoms with Crippen molar-refractivity contribution < 1.29 is 4.74 Å². The standard InChI is InChI=1S/C18H30N2O/c1-4-21-18-8-6-5-7-16(18)17(19)13-20(15-9-10-15)12-11-14(2)3/h5-8,14-15,17H,4,9-13,19H2,1-3H3. The highest BCUT2D eigenvalue weighted by Gasteiger charge is 2.30. The highest BCUT2D eigenvalue weighted by atomic mass is 16.5. The highest BCUT2D eigenvalue weighted by Crippen LogP contribution is 2.31. The summed E-state index contributed by atoms with van der Waals surface area (Å²) in [6.45, 7) is 9.37. The number of rotatable bonds is 9. The van der Waals surface area contributed by atoms with Gasteiger partial charge < -0.3 is 10.5 Å². The molecule has 1 atom stereocenters. The van der Waals surface area contributed by atoms with Crippen molar-refractivity contribution >= 4 is 0 Å². The van der Waals surface area contributed by atoms with Gasteiger partial charge in [0.25, 0.3) is 0 Å². The van der Waals surface area contributed by atoms with Crippen molar-refractivity contribution in [2.45, 2.75) is 52.1 Å². The van der Waals surface area contributed by atoms with Gasteiger partial charge in [0.2, 0.25) is 0 Å². The third-order valence-corrected chi connectivity index (χ3v) is 4.11. The normalized spacial score (nSPS) is 16.5. The molecule has 0 spiro atoms. The van der Waals surface area contributed by atoms with E-state index in [0.717, 1.165) is 36.4 Å². The zero-order valence-electron chi connectivity index (χ0n) is 13.7. The maximum absolute atomic E-state index is 6.48. The van der Waals surface area contributed by atoms with Crippen LogP contribution in [0.25, 0.3) is 0 Å². The Hall–Kier alpha value is -1.06. The summed E-state index contributed by atoms with van der Waals surface area (Å²) in [7, 11) is 0. The molecule has 0 heterocycles. The topological polar surface area (TPSA) is 38.5 Å². The first-order valence-corrected chi connectivity index (χ1v) is 8.33. The van der Waals surface area contributed by atoms with Gasteiger partial charge in [0.05, 0.1) is 6.61 Å². The van der Waals surface area contributed by atoms with E-state index in [-0.39, 0.29) is 6.04 Å². The summed E-state index contributed by atoms with van der Waals surface area (Å²) in [6, 6.07) is 8.97. The lowest BCUT2D eigenvalue weighted by molar-refractivity contribution is 0.231. The molecular formula is C18H30N2O. The van der Waals surface area contributed by atoms with Crippen molar-refractivity contribution in [1.82, 2.24) is 4.90 Å². The van der Waals surface area contributed by atoms with Crippen LogP contribution in [-0.2, 0) is 0 Å². The fourth-order valence-electron chi connectivity index (χ4n) is 2.71. The number of hydrogen-bond donors (Lipinski definition) is 1. The minimum Gasteiger partial charge on any atom is -0.494 e. The molecule has 0 amide bonds. The third-order valence-electron chi connectivity index (χ3n) is 4.11. The molecule has 3 heteroatoms. The maximum atomic E-state index is 6.48. The largest absolute Gasteiger partial charge is 0.494 e. The summed E-state index contributed by atoms with van der Waals surface area (Å²) in [5.41, 5.74) is 7.61. The molecule has 21 heavy (non-hydrogen) atoms. The molecule has 2 N–H and O–H groups in total. The first-order chi connectivity index (χ1) is 10.1. The second kappa shape index (κ2) is 7.81. The molecule has 1 aromatic carbocycles. The van der Waals surface area contributed by atoms with E-state index in [1.807, 2.05) is 25.1 Å². The van der Waals surface area contributed by atoms with Crippen LogP contribution in [0.5, 0.6) is 5.75 Å². The Labute approximate surface area is 129 Å². The summed E-state index contributed by atoms with van der Waals surface area (Å²) in [5, 5.41) is 0. The Morgan fingerprint density at radius 1 is 1.29 bits per heavy atom. The molecule has 3 nitrogen and oxygen atoms in total. The average Bonchev–Trinajstić information content (AvgIpc) is 3.28. The van der Waals surface area contributed by atoms with Gasteiger partial charge in [-0.2, -0.15) is 0 Å². The lowest BCUT2D eigenvalue weighted by atomic mass is 10.0. The maximum Gasteiger partial charge on any atom is 0.124 e. The van der Waals surface area contributed by atoms with Gasteiger partial charge in [0, 0.05) is 24.2 Å². The molecule has 1 aromatic rings. The van der Waals surface area contributed by atoms with Crippen LogP contribution in [-0.4, -0.2) is 30.6 Å². The molecule has 0 bridgehead atoms. The molecular weight excluding hydrogens is 260 g/mol. The van der Waals surface area contributed by atoms with Gasteiger partial charge in [0.15, 0.2) is 0 Å². The highest BCUT2D eigenvalue weighted by molar-refractivity contribution is 5.36. The van der Waals surface area contributed by atoms with Crippen LogP contribution >= 0.6 is 0 Å². The fourth-order valence-corrected chi connectivity index (χ4v) is 2.71. The summed E-state index contributed by atoms with van der Waals surface area (Å²) < 4.78 is 5.72. The van der Waals surface area contributed by atoms with Crippen LogP contribution < -0.4 is 10.5 Å². The van der Waals surface area contributed by atoms with Crippen LogP contribution in [0.3, 0.4) is 0 Å². The number of para-hydroxylation sites is 1. The van der Waals surface area contributed by atoms with E-state index in [0.29, 0.717) is 6.61 Å². The lowest BCUT2D eigenvalue weighted by Gasteiger charge is -2.27. The Morgan fingerprint density at radius 3 is 2.62 bits per heavy atom. The van der Waals surface area contributed by atoms with Crippen molar-refractivity contribution in [1.29, 1.82) is 0 Å². The molecule has 2 rings (SSSR count). The van der Waals surface area contributed by atoms with E-state index >= 15 is 0 Å². The van der Waals surface area contributed by atoms with Gasteiger partial charge in [-0.15, -0.1) is 0 Å². The molecule has 1 saturated carbocycles. The quantitative estimate of drug-likeness (QED) is 0.755. The van der Waals surface area contributed by atoms with Crippen molar-refractivity contribution in [3.05, 3.63) is 29.8 Å². The Morgan fingerprint density at radius 2 is 2.00 bits per heavy atom. The van der Waals surface area contributed by atoms with Crippen LogP contribution in [0.4, 0.5) is 0 Å². The van der Waals surface area contributed by atoms with Gasteiger partial charge in [0.1, 0.15) is 5.75 Å². The van der Waals surface area contributed by atoms with Crippen LogP contribution in [0.2, 0.25) is 0 Å². The van der Waals surface area contributed by atoms with Crippen molar-refractivity contribution in [2.75, 3.05) is 19.7 Å². The Kier molecular flexibility index (Phi) is 6.07. The summed E-state index contributed by atoms with van der Waals surface area (Å²) in [6.07, 6.45) is 3.91. The summed E-state index contributed by atoms with van der Waals surface area (Å²) >= 11 is 0. The van der Waals surface area contributed by atoms with Crippen molar-refractivity contribution in [3.8, 4) is 5.75 Å². The van der Waals surface area contributed by atoms with E-state index in [1.54, 1.807) is 0 Å². The minimum atomic E-state index is 0.0283. The number of benzene rings is 1. The first kappa shape index (κ1) is 16.3. The second-order valence-electron chi connectivity index (χ2n) is 6.49. The predicted octanol–water partition coefficient (Wildman–Crippen LogP) is 3.60. The van der Waals surface area contributed by atoms with E-state index in [4.69, 9.17) is 10.5 Å². The van der Waals surface area contributed by atoms with E-state index < -0.39 is 0 Å². The zero-order valence-corrected chi connectivity index (χ0v) is 13.7. The van der Waals surface area contributed by atoms with Gasteiger partial charge in [-0.1, -0.05) is 32.0 Å². The van der Waals surface area contributed by atoms with Crippen LogP contribution in [0.1, 0.15) is 51.6 Å². The monoisotopic (exact) mass is 290 g/mol. The van der Waals surface area contributed by atoms with Crippen LogP contribution in [0.15, 0.2) is 24.3 Å². The van der Waals surface area contributed by atoms with Gasteiger partial charge >= 0.3 is 0 Å². The number of ether oxygens (including phenoxy) is 1. The zero-order chi connectivity index (χ0) is 15.2. The van der Waals surface area contributed by atoms with E-state index in [2.05, 4.69) is 24.8 Å². The summed E-state index contributed by atoms with van der Waals surface area (Å²) in [5.74, 6) is 1.69. The molecule has 1 unspecified atom stereocenters. The van der Waals surface area contributed by atoms with E-state index in [1.165, 1.54) is 19.3 Å². The Bertz CT molecular complexity index is 429. The van der Waals surface area contributed by atoms with Crippen LogP contribution in [0, 0.1) is 5.92 Å². The van der Waals surface area contributed by atoms with E-state index in [9.17, 15) is 0 Å². The average molecular weight is 290 g/mol. The lowest BCUT2D eigenvalue weighted by Crippen LogP contribution is -2.35. The molecule has 0 radical (unpaired) electrons. The molecule has 1 aliphatic rings. The van der Waals surface area contributed by atoms with Gasteiger partial charge in [-0.3, -0.25) is 4.90 Å². The third kappa shape index (κ3) is 5.01. The van der Waals surface area contributed by atoms with Crippen molar-refractivity contribution in [3.63, 3.8) is 0 Å². The summed E-state index contributed by atoms with van der Waals surface area (Å²) in [4.78, 5) is 2.58. The Balaban J connectivity index is 1.99. The number of nitrogens with two attached hydrogens (primary N) is 1.